The normalized spacial score (nSPS) is 12.0. The molecule has 1 heteroatoms. The van der Waals surface area contributed by atoms with Crippen molar-refractivity contribution >= 4 is 5.78 Å². The Kier molecular flexibility index (Phi) is 10.6. The van der Waals surface area contributed by atoms with E-state index in [1.165, 1.54) is 44.5 Å². The van der Waals surface area contributed by atoms with E-state index in [0.29, 0.717) is 42.3 Å². The summed E-state index contributed by atoms with van der Waals surface area (Å²) in [5.74, 6) is 2.29. The van der Waals surface area contributed by atoms with Gasteiger partial charge < -0.3 is 0 Å². The van der Waals surface area contributed by atoms with E-state index in [4.69, 9.17) is 0 Å². The minimum Gasteiger partial charge on any atom is -0.300 e. The molecule has 0 aliphatic heterocycles. The molecule has 0 aromatic heterocycles. The summed E-state index contributed by atoms with van der Waals surface area (Å²) in [5, 5.41) is 0. The van der Waals surface area contributed by atoms with Gasteiger partial charge in [-0.2, -0.15) is 0 Å². The van der Waals surface area contributed by atoms with E-state index in [2.05, 4.69) is 152 Å². The molecule has 0 unspecified atom stereocenters. The first kappa shape index (κ1) is 31.5. The van der Waals surface area contributed by atoms with Crippen LogP contribution in [0.15, 0.2) is 97.1 Å². The molecule has 42 heavy (non-hydrogen) atoms. The lowest BCUT2D eigenvalue weighted by molar-refractivity contribution is -0.119. The molecule has 0 atom stereocenters. The minimum atomic E-state index is 0.0345. The molecule has 0 amide bonds. The number of benzene rings is 4. The van der Waals surface area contributed by atoms with E-state index in [0.717, 1.165) is 0 Å². The molecule has 4 rings (SSSR count). The molecule has 0 fully saturated rings. The average molecular weight is 559 g/mol. The molecule has 0 radical (unpaired) electrons. The van der Waals surface area contributed by atoms with Crippen molar-refractivity contribution in [3.8, 4) is 0 Å². The summed E-state index contributed by atoms with van der Waals surface area (Å²) in [6.07, 6.45) is 0.986. The van der Waals surface area contributed by atoms with Crippen molar-refractivity contribution in [2.45, 2.75) is 104 Å². The first-order valence-corrected chi connectivity index (χ1v) is 15.9. The van der Waals surface area contributed by atoms with Gasteiger partial charge in [0.2, 0.25) is 0 Å². The third kappa shape index (κ3) is 7.88. The Morgan fingerprint density at radius 1 is 0.357 bits per heavy atom. The number of hydrogen-bond acceptors (Lipinski definition) is 1. The molecule has 0 saturated carbocycles. The van der Waals surface area contributed by atoms with Gasteiger partial charge >= 0.3 is 0 Å². The Hall–Kier alpha value is -3.45. The van der Waals surface area contributed by atoms with Crippen molar-refractivity contribution < 1.29 is 4.79 Å². The van der Waals surface area contributed by atoms with E-state index in [9.17, 15) is 4.79 Å². The van der Waals surface area contributed by atoms with Crippen molar-refractivity contribution in [2.75, 3.05) is 0 Å². The summed E-state index contributed by atoms with van der Waals surface area (Å²) in [7, 11) is 0. The highest BCUT2D eigenvalue weighted by atomic mass is 16.1. The largest absolute Gasteiger partial charge is 0.300 e. The second kappa shape index (κ2) is 14.1. The monoisotopic (exact) mass is 558 g/mol. The SMILES string of the molecule is CC(C)c1ccc(C(CC(=O)CC(c2ccc(C(C)C)cc2)c2ccc(C(C)C)cc2)c2ccc(C(C)C)cc2)cc1. The second-order valence-electron chi connectivity index (χ2n) is 13.3. The van der Waals surface area contributed by atoms with Crippen LogP contribution in [0.5, 0.6) is 0 Å². The Labute approximate surface area is 255 Å². The highest BCUT2D eigenvalue weighted by Gasteiger charge is 2.24. The second-order valence-corrected chi connectivity index (χ2v) is 13.3. The predicted molar refractivity (Wildman–Crippen MR) is 180 cm³/mol. The number of carbonyl (C=O) groups is 1. The van der Waals surface area contributed by atoms with Gasteiger partial charge in [0.05, 0.1) is 0 Å². The topological polar surface area (TPSA) is 17.1 Å². The summed E-state index contributed by atoms with van der Waals surface area (Å²) in [6, 6.07) is 35.7. The number of carbonyl (C=O) groups excluding carboxylic acids is 1. The van der Waals surface area contributed by atoms with Gasteiger partial charge in [0.15, 0.2) is 0 Å². The minimum absolute atomic E-state index is 0.0345. The number of ketones is 1. The van der Waals surface area contributed by atoms with E-state index in [1.807, 2.05) is 0 Å². The van der Waals surface area contributed by atoms with Crippen LogP contribution in [-0.2, 0) is 4.79 Å². The maximum Gasteiger partial charge on any atom is 0.134 e. The number of Topliss-reactive ketones (excluding diaryl/α,β-unsaturated/α-hetero) is 1. The standard InChI is InChI=1S/C41H50O/c1-27(2)31-9-17-35(18-10-31)40(36-19-11-32(12-20-36)28(3)4)25-39(42)26-41(37-21-13-33(14-22-37)29(5)6)38-23-15-34(16-24-38)30(7)8/h9-24,27-30,40-41H,25-26H2,1-8H3. The summed E-state index contributed by atoms with van der Waals surface area (Å²) < 4.78 is 0. The Balaban J connectivity index is 1.66. The summed E-state index contributed by atoms with van der Waals surface area (Å²) >= 11 is 0. The van der Waals surface area contributed by atoms with Crippen LogP contribution in [0.2, 0.25) is 0 Å². The van der Waals surface area contributed by atoms with Crippen LogP contribution in [0, 0.1) is 0 Å². The van der Waals surface area contributed by atoms with Gasteiger partial charge in [-0.3, -0.25) is 4.79 Å². The van der Waals surface area contributed by atoms with Gasteiger partial charge in [-0.25, -0.2) is 0 Å². The van der Waals surface area contributed by atoms with E-state index in [-0.39, 0.29) is 11.8 Å². The quantitative estimate of drug-likeness (QED) is 0.169. The summed E-state index contributed by atoms with van der Waals surface area (Å²) in [4.78, 5) is 14.1. The first-order chi connectivity index (χ1) is 20.0. The molecule has 0 aliphatic rings. The predicted octanol–water partition coefficient (Wildman–Crippen LogP) is 11.5. The van der Waals surface area contributed by atoms with Crippen LogP contribution in [0.4, 0.5) is 0 Å². The number of hydrogen-bond donors (Lipinski definition) is 0. The van der Waals surface area contributed by atoms with Gasteiger partial charge in [-0.15, -0.1) is 0 Å². The fourth-order valence-corrected chi connectivity index (χ4v) is 5.85. The van der Waals surface area contributed by atoms with Crippen molar-refractivity contribution in [1.29, 1.82) is 0 Å². The molecule has 4 aromatic carbocycles. The van der Waals surface area contributed by atoms with Crippen LogP contribution < -0.4 is 0 Å². The molecule has 0 bridgehead atoms. The Bertz CT molecular complexity index is 1190. The molecule has 0 spiro atoms. The zero-order valence-electron chi connectivity index (χ0n) is 27.0. The van der Waals surface area contributed by atoms with E-state index >= 15 is 0 Å². The maximum absolute atomic E-state index is 14.1. The lowest BCUT2D eigenvalue weighted by Crippen LogP contribution is -2.14. The van der Waals surface area contributed by atoms with Crippen LogP contribution in [0.3, 0.4) is 0 Å². The van der Waals surface area contributed by atoms with E-state index < -0.39 is 0 Å². The van der Waals surface area contributed by atoms with Gasteiger partial charge in [0.25, 0.3) is 0 Å². The lowest BCUT2D eigenvalue weighted by Gasteiger charge is -2.22. The van der Waals surface area contributed by atoms with Crippen LogP contribution >= 0.6 is 0 Å². The van der Waals surface area contributed by atoms with Crippen molar-refractivity contribution in [3.63, 3.8) is 0 Å². The van der Waals surface area contributed by atoms with Crippen LogP contribution in [0.25, 0.3) is 0 Å². The molecule has 1 nitrogen and oxygen atoms in total. The molecule has 0 saturated heterocycles. The van der Waals surface area contributed by atoms with Crippen molar-refractivity contribution in [1.82, 2.24) is 0 Å². The molecular formula is C41H50O. The van der Waals surface area contributed by atoms with Crippen molar-refractivity contribution in [2.24, 2.45) is 0 Å². The maximum atomic E-state index is 14.1. The summed E-state index contributed by atoms with van der Waals surface area (Å²) in [5.41, 5.74) is 10.2. The smallest absolute Gasteiger partial charge is 0.134 e. The fourth-order valence-electron chi connectivity index (χ4n) is 5.85. The first-order valence-electron chi connectivity index (χ1n) is 15.9. The zero-order valence-corrected chi connectivity index (χ0v) is 27.0. The molecule has 220 valence electrons. The van der Waals surface area contributed by atoms with E-state index in [1.54, 1.807) is 0 Å². The molecule has 0 aliphatic carbocycles. The third-order valence-corrected chi connectivity index (χ3v) is 8.89. The Morgan fingerprint density at radius 3 is 0.690 bits per heavy atom. The van der Waals surface area contributed by atoms with Crippen molar-refractivity contribution in [3.05, 3.63) is 142 Å². The number of rotatable bonds is 12. The fraction of sp³-hybridized carbons (Fsp3) is 0.390. The third-order valence-electron chi connectivity index (χ3n) is 8.89. The lowest BCUT2D eigenvalue weighted by atomic mass is 9.81. The average Bonchev–Trinajstić information content (AvgIpc) is 2.99. The van der Waals surface area contributed by atoms with Gasteiger partial charge in [0.1, 0.15) is 5.78 Å². The zero-order chi connectivity index (χ0) is 30.4. The van der Waals surface area contributed by atoms with Gasteiger partial charge in [-0.1, -0.05) is 152 Å². The van der Waals surface area contributed by atoms with Gasteiger partial charge in [0, 0.05) is 24.7 Å². The highest BCUT2D eigenvalue weighted by molar-refractivity contribution is 5.81. The van der Waals surface area contributed by atoms with Gasteiger partial charge in [-0.05, 0) is 68.2 Å². The van der Waals surface area contributed by atoms with Crippen LogP contribution in [-0.4, -0.2) is 5.78 Å². The molecule has 4 aromatic rings. The summed E-state index contributed by atoms with van der Waals surface area (Å²) in [6.45, 7) is 17.8. The molecular weight excluding hydrogens is 508 g/mol. The Morgan fingerprint density at radius 2 is 0.524 bits per heavy atom. The molecule has 0 N–H and O–H groups in total. The highest BCUT2D eigenvalue weighted by Crippen LogP contribution is 2.35. The molecule has 0 heterocycles. The van der Waals surface area contributed by atoms with Crippen LogP contribution in [0.1, 0.15) is 148 Å².